The molecule has 2 aliphatic heterocycles. The Morgan fingerprint density at radius 3 is 2.50 bits per heavy atom. The lowest BCUT2D eigenvalue weighted by Crippen LogP contribution is -2.51. The van der Waals surface area contributed by atoms with Crippen LogP contribution in [0, 0.1) is 0 Å². The molecule has 1 aromatic rings. The summed E-state index contributed by atoms with van der Waals surface area (Å²) in [6.45, 7) is 3.14. The van der Waals surface area contributed by atoms with Gasteiger partial charge in [-0.1, -0.05) is 12.1 Å². The Morgan fingerprint density at radius 2 is 1.78 bits per heavy atom. The molecule has 1 unspecified atom stereocenters. The molecule has 0 aromatic heterocycles. The van der Waals surface area contributed by atoms with Gasteiger partial charge in [0.25, 0.3) is 0 Å². The average Bonchev–Trinajstić information content (AvgIpc) is 3.16. The van der Waals surface area contributed by atoms with Gasteiger partial charge in [0.15, 0.2) is 9.84 Å². The monoisotopic (exact) mass is 463 g/mol. The van der Waals surface area contributed by atoms with Gasteiger partial charge in [-0.05, 0) is 43.3 Å². The van der Waals surface area contributed by atoms with E-state index in [0.29, 0.717) is 13.1 Å². The molecule has 0 radical (unpaired) electrons. The molecule has 0 saturated heterocycles. The van der Waals surface area contributed by atoms with Crippen LogP contribution in [0.1, 0.15) is 18.4 Å². The number of nitrogens with one attached hydrogen (secondary N) is 4. The first-order chi connectivity index (χ1) is 15.4. The van der Waals surface area contributed by atoms with Crippen LogP contribution in [0.3, 0.4) is 0 Å². The maximum Gasteiger partial charge on any atom is 0.327 e. The van der Waals surface area contributed by atoms with Crippen molar-refractivity contribution >= 4 is 21.6 Å². The van der Waals surface area contributed by atoms with E-state index in [-0.39, 0.29) is 30.2 Å². The number of amides is 2. The molecular weight excluding hydrogens is 430 g/mol. The van der Waals surface area contributed by atoms with Crippen molar-refractivity contribution in [2.24, 2.45) is 11.5 Å². The van der Waals surface area contributed by atoms with Gasteiger partial charge in [-0.15, -0.1) is 0 Å². The molecular formula is C21H33N7O3S. The molecule has 176 valence electrons. The summed E-state index contributed by atoms with van der Waals surface area (Å²) in [6, 6.07) is 7.58. The molecule has 3 rings (SSSR count). The van der Waals surface area contributed by atoms with Crippen molar-refractivity contribution in [3.63, 3.8) is 0 Å². The fourth-order valence-corrected chi connectivity index (χ4v) is 4.65. The lowest BCUT2D eigenvalue weighted by Gasteiger charge is -2.29. The second-order valence-corrected chi connectivity index (χ2v) is 10.1. The first kappa shape index (κ1) is 24.2. The smallest absolute Gasteiger partial charge is 0.327 e. The van der Waals surface area contributed by atoms with Gasteiger partial charge in [0.2, 0.25) is 0 Å². The minimum absolute atomic E-state index is 0.0199. The Morgan fingerprint density at radius 1 is 1.03 bits per heavy atom. The second kappa shape index (κ2) is 11.4. The molecule has 1 atom stereocenters. The van der Waals surface area contributed by atoms with E-state index < -0.39 is 9.84 Å². The number of benzene rings is 1. The van der Waals surface area contributed by atoms with E-state index in [1.807, 2.05) is 30.3 Å². The average molecular weight is 464 g/mol. The largest absolute Gasteiger partial charge is 0.365 e. The Hall–Kier alpha value is -2.44. The van der Waals surface area contributed by atoms with Crippen LogP contribution in [0.4, 0.5) is 10.5 Å². The van der Waals surface area contributed by atoms with Gasteiger partial charge in [-0.2, -0.15) is 0 Å². The van der Waals surface area contributed by atoms with Crippen molar-refractivity contribution in [1.29, 1.82) is 0 Å². The standard InChI is InChI=1S/C21H33N7O3S/c22-7-11-32(30,31)10-6-18-12-17-14-28(21(29)27-20(17)26-18)19-4-2-16(3-5-19)13-24-8-1-9-25-15-23/h2-5,12,14,20,24-26H,1,6-11,13,15,22-23H2,(H,27,29). The third-order valence-electron chi connectivity index (χ3n) is 5.28. The summed E-state index contributed by atoms with van der Waals surface area (Å²) >= 11 is 0. The van der Waals surface area contributed by atoms with Crippen molar-refractivity contribution in [1.82, 2.24) is 21.3 Å². The van der Waals surface area contributed by atoms with Crippen LogP contribution in [-0.4, -0.2) is 58.4 Å². The lowest BCUT2D eigenvalue weighted by atomic mass is 10.1. The Kier molecular flexibility index (Phi) is 8.65. The minimum atomic E-state index is -3.17. The third-order valence-corrected chi connectivity index (χ3v) is 6.96. The van der Waals surface area contributed by atoms with Gasteiger partial charge in [-0.25, -0.2) is 13.2 Å². The predicted octanol–water partition coefficient (Wildman–Crippen LogP) is -0.338. The van der Waals surface area contributed by atoms with Crippen LogP contribution in [0.2, 0.25) is 0 Å². The van der Waals surface area contributed by atoms with Gasteiger partial charge in [0.1, 0.15) is 6.17 Å². The summed E-state index contributed by atoms with van der Waals surface area (Å²) in [6.07, 6.45) is 4.70. The number of sulfone groups is 1. The van der Waals surface area contributed by atoms with Crippen LogP contribution in [0.25, 0.3) is 0 Å². The van der Waals surface area contributed by atoms with E-state index in [2.05, 4.69) is 21.3 Å². The maximum absolute atomic E-state index is 12.6. The highest BCUT2D eigenvalue weighted by Crippen LogP contribution is 2.25. The zero-order chi connectivity index (χ0) is 23.0. The van der Waals surface area contributed by atoms with Crippen molar-refractivity contribution < 1.29 is 13.2 Å². The van der Waals surface area contributed by atoms with E-state index in [4.69, 9.17) is 11.5 Å². The highest BCUT2D eigenvalue weighted by Gasteiger charge is 2.31. The van der Waals surface area contributed by atoms with Crippen LogP contribution < -0.4 is 37.6 Å². The van der Waals surface area contributed by atoms with E-state index in [9.17, 15) is 13.2 Å². The number of anilines is 1. The molecule has 0 bridgehead atoms. The fraction of sp³-hybridized carbons (Fsp3) is 0.476. The highest BCUT2D eigenvalue weighted by molar-refractivity contribution is 7.91. The molecule has 2 aliphatic rings. The quantitative estimate of drug-likeness (QED) is 0.172. The Bertz CT molecular complexity index is 945. The first-order valence-corrected chi connectivity index (χ1v) is 12.6. The number of nitrogens with two attached hydrogens (primary N) is 2. The SMILES string of the molecule is NCCS(=O)(=O)CCC1=CC2=CN(c3ccc(CNCCCNCN)cc3)C(=O)NC2N1. The lowest BCUT2D eigenvalue weighted by molar-refractivity contribution is 0.243. The molecule has 11 heteroatoms. The third kappa shape index (κ3) is 6.78. The maximum atomic E-state index is 12.6. The summed E-state index contributed by atoms with van der Waals surface area (Å²) in [5.41, 5.74) is 14.3. The topological polar surface area (TPSA) is 155 Å². The molecule has 0 spiro atoms. The summed E-state index contributed by atoms with van der Waals surface area (Å²) in [4.78, 5) is 14.2. The van der Waals surface area contributed by atoms with Crippen LogP contribution in [0.15, 0.2) is 47.8 Å². The number of carbonyl (C=O) groups excluding carboxylic acids is 1. The first-order valence-electron chi connectivity index (χ1n) is 10.8. The summed E-state index contributed by atoms with van der Waals surface area (Å²) in [5.74, 6) is 0.00759. The number of rotatable bonds is 13. The van der Waals surface area contributed by atoms with Gasteiger partial charge in [0, 0.05) is 43.6 Å². The Labute approximate surface area is 189 Å². The van der Waals surface area contributed by atoms with Crippen LogP contribution >= 0.6 is 0 Å². The van der Waals surface area contributed by atoms with E-state index >= 15 is 0 Å². The van der Waals surface area contributed by atoms with Gasteiger partial charge in [-0.3, -0.25) is 4.90 Å². The second-order valence-electron chi connectivity index (χ2n) is 7.79. The van der Waals surface area contributed by atoms with E-state index in [0.717, 1.165) is 48.6 Å². The van der Waals surface area contributed by atoms with Crippen LogP contribution in [0.5, 0.6) is 0 Å². The van der Waals surface area contributed by atoms with Gasteiger partial charge >= 0.3 is 6.03 Å². The number of allylic oxidation sites excluding steroid dienone is 1. The summed E-state index contributed by atoms with van der Waals surface area (Å²) in [5, 5.41) is 12.6. The van der Waals surface area contributed by atoms with Gasteiger partial charge in [0.05, 0.1) is 17.2 Å². The molecule has 10 nitrogen and oxygen atoms in total. The molecule has 1 aromatic carbocycles. The highest BCUT2D eigenvalue weighted by atomic mass is 32.2. The number of hydrogen-bond donors (Lipinski definition) is 6. The van der Waals surface area contributed by atoms with Crippen molar-refractivity contribution in [3.05, 3.63) is 53.4 Å². The number of urea groups is 1. The Balaban J connectivity index is 1.57. The molecule has 32 heavy (non-hydrogen) atoms. The van der Waals surface area contributed by atoms with Crippen molar-refractivity contribution in [3.8, 4) is 0 Å². The van der Waals surface area contributed by atoms with Crippen molar-refractivity contribution in [2.75, 3.05) is 42.7 Å². The van der Waals surface area contributed by atoms with Crippen molar-refractivity contribution in [2.45, 2.75) is 25.6 Å². The molecule has 2 amide bonds. The zero-order valence-electron chi connectivity index (χ0n) is 18.1. The molecule has 0 fully saturated rings. The fourth-order valence-electron chi connectivity index (χ4n) is 3.56. The van der Waals surface area contributed by atoms with Gasteiger partial charge < -0.3 is 32.7 Å². The molecule has 2 heterocycles. The summed E-state index contributed by atoms with van der Waals surface area (Å²) in [7, 11) is -3.17. The minimum Gasteiger partial charge on any atom is -0.365 e. The van der Waals surface area contributed by atoms with E-state index in [1.165, 1.54) is 0 Å². The normalized spacial score (nSPS) is 18.0. The number of fused-ring (bicyclic) bond motifs is 1. The van der Waals surface area contributed by atoms with Crippen LogP contribution in [-0.2, 0) is 16.4 Å². The molecule has 8 N–H and O–H groups in total. The molecule has 0 saturated carbocycles. The number of hydrogen-bond acceptors (Lipinski definition) is 8. The van der Waals surface area contributed by atoms with E-state index in [1.54, 1.807) is 11.1 Å². The predicted molar refractivity (Wildman–Crippen MR) is 126 cm³/mol. The zero-order valence-corrected chi connectivity index (χ0v) is 19.0. The number of carbonyl (C=O) groups is 1. The number of nitrogens with zero attached hydrogens (tertiary/aromatic N) is 1. The molecule has 0 aliphatic carbocycles. The summed E-state index contributed by atoms with van der Waals surface area (Å²) < 4.78 is 23.8.